The van der Waals surface area contributed by atoms with E-state index < -0.39 is 10.0 Å². The van der Waals surface area contributed by atoms with Crippen molar-refractivity contribution in [3.63, 3.8) is 0 Å². The number of nitrogens with one attached hydrogen (secondary N) is 1. The summed E-state index contributed by atoms with van der Waals surface area (Å²) in [7, 11) is -3.88. The summed E-state index contributed by atoms with van der Waals surface area (Å²) in [6.07, 6.45) is -0.102. The minimum atomic E-state index is -3.88. The Morgan fingerprint density at radius 2 is 1.78 bits per heavy atom. The van der Waals surface area contributed by atoms with Crippen LogP contribution in [0, 0.1) is 0 Å². The van der Waals surface area contributed by atoms with Gasteiger partial charge in [0.05, 0.1) is 33.4 Å². The van der Waals surface area contributed by atoms with Crippen LogP contribution in [0.1, 0.15) is 19.4 Å². The van der Waals surface area contributed by atoms with E-state index in [2.05, 4.69) is 4.72 Å². The second-order valence-corrected chi connectivity index (χ2v) is 10.6. The molecule has 32 heavy (non-hydrogen) atoms. The molecule has 0 amide bonds. The van der Waals surface area contributed by atoms with E-state index in [0.717, 1.165) is 16.9 Å². The summed E-state index contributed by atoms with van der Waals surface area (Å²) in [5, 5.41) is 0.624. The number of ether oxygens (including phenoxy) is 1. The van der Waals surface area contributed by atoms with Crippen LogP contribution in [0.15, 0.2) is 76.4 Å². The Bertz CT molecular complexity index is 1420. The van der Waals surface area contributed by atoms with Crippen molar-refractivity contribution in [1.82, 2.24) is 4.57 Å². The Balaban J connectivity index is 1.66. The van der Waals surface area contributed by atoms with Crippen LogP contribution in [-0.2, 0) is 16.6 Å². The first-order chi connectivity index (χ1) is 15.2. The summed E-state index contributed by atoms with van der Waals surface area (Å²) in [5.41, 5.74) is 1.96. The highest BCUT2D eigenvalue weighted by Gasteiger charge is 2.19. The summed E-state index contributed by atoms with van der Waals surface area (Å²) in [4.78, 5) is 12.5. The number of fused-ring (bicyclic) bond motifs is 1. The van der Waals surface area contributed by atoms with Gasteiger partial charge in [-0.1, -0.05) is 47.2 Å². The molecular formula is C23H21ClN2O4S2. The topological polar surface area (TPSA) is 77.4 Å². The van der Waals surface area contributed by atoms with Crippen molar-refractivity contribution in [2.45, 2.75) is 31.4 Å². The van der Waals surface area contributed by atoms with Gasteiger partial charge in [-0.3, -0.25) is 14.1 Å². The number of para-hydroxylation sites is 2. The molecule has 4 rings (SSSR count). The van der Waals surface area contributed by atoms with Gasteiger partial charge < -0.3 is 4.74 Å². The zero-order chi connectivity index (χ0) is 22.9. The molecule has 3 aromatic carbocycles. The van der Waals surface area contributed by atoms with E-state index in [9.17, 15) is 13.2 Å². The van der Waals surface area contributed by atoms with Crippen LogP contribution < -0.4 is 14.3 Å². The maximum atomic E-state index is 13.0. The first-order valence-electron chi connectivity index (χ1n) is 9.89. The van der Waals surface area contributed by atoms with E-state index in [1.807, 2.05) is 26.0 Å². The molecule has 0 spiro atoms. The summed E-state index contributed by atoms with van der Waals surface area (Å²) in [6.45, 7) is 4.12. The zero-order valence-electron chi connectivity index (χ0n) is 17.4. The minimum Gasteiger partial charge on any atom is -0.489 e. The standard InChI is InChI=1S/C23H21ClN2O4S2/c1-15(2)30-21-6-4-3-5-19(21)25-32(28,29)18-11-12-20-22(13-18)31-23(27)26(20)14-16-7-9-17(24)10-8-16/h3-13,15,25H,14H2,1-2H3. The highest BCUT2D eigenvalue weighted by molar-refractivity contribution is 7.92. The molecule has 1 aromatic heterocycles. The molecule has 1 heterocycles. The van der Waals surface area contributed by atoms with Gasteiger partial charge in [0.1, 0.15) is 5.75 Å². The molecule has 9 heteroatoms. The third kappa shape index (κ3) is 4.82. The molecule has 0 saturated carbocycles. The molecule has 0 saturated heterocycles. The van der Waals surface area contributed by atoms with Crippen molar-refractivity contribution < 1.29 is 13.2 Å². The number of thiazole rings is 1. The maximum Gasteiger partial charge on any atom is 0.308 e. The monoisotopic (exact) mass is 488 g/mol. The van der Waals surface area contributed by atoms with E-state index in [0.29, 0.717) is 33.2 Å². The van der Waals surface area contributed by atoms with Crippen LogP contribution >= 0.6 is 22.9 Å². The van der Waals surface area contributed by atoms with Crippen LogP contribution in [0.2, 0.25) is 5.02 Å². The molecule has 0 fully saturated rings. The molecule has 0 aliphatic carbocycles. The average Bonchev–Trinajstić information content (AvgIpc) is 3.05. The molecule has 0 bridgehead atoms. The average molecular weight is 489 g/mol. The normalized spacial score (nSPS) is 11.8. The van der Waals surface area contributed by atoms with Crippen molar-refractivity contribution in [3.05, 3.63) is 87.0 Å². The first kappa shape index (κ1) is 22.4. The van der Waals surface area contributed by atoms with Gasteiger partial charge in [0.15, 0.2) is 0 Å². The molecule has 1 N–H and O–H groups in total. The molecule has 0 aliphatic heterocycles. The van der Waals surface area contributed by atoms with Gasteiger partial charge in [-0.25, -0.2) is 8.42 Å². The van der Waals surface area contributed by atoms with Crippen molar-refractivity contribution in [2.24, 2.45) is 0 Å². The number of halogens is 1. The number of sulfonamides is 1. The number of hydrogen-bond acceptors (Lipinski definition) is 5. The van der Waals surface area contributed by atoms with Gasteiger partial charge in [-0.15, -0.1) is 0 Å². The fourth-order valence-electron chi connectivity index (χ4n) is 3.25. The SMILES string of the molecule is CC(C)Oc1ccccc1NS(=O)(=O)c1ccc2c(c1)sc(=O)n2Cc1ccc(Cl)cc1. The largest absolute Gasteiger partial charge is 0.489 e. The molecular weight excluding hydrogens is 468 g/mol. The molecule has 6 nitrogen and oxygen atoms in total. The van der Waals surface area contributed by atoms with Gasteiger partial charge in [0.2, 0.25) is 0 Å². The fourth-order valence-corrected chi connectivity index (χ4v) is 5.47. The van der Waals surface area contributed by atoms with Gasteiger partial charge in [-0.05, 0) is 61.9 Å². The number of anilines is 1. The predicted octanol–water partition coefficient (Wildman–Crippen LogP) is 5.35. The van der Waals surface area contributed by atoms with Crippen LogP contribution in [0.25, 0.3) is 10.2 Å². The van der Waals surface area contributed by atoms with Crippen LogP contribution in [0.4, 0.5) is 5.69 Å². The molecule has 0 radical (unpaired) electrons. The summed E-state index contributed by atoms with van der Waals surface area (Å²) < 4.78 is 36.6. The van der Waals surface area contributed by atoms with Gasteiger partial charge >= 0.3 is 4.87 Å². The van der Waals surface area contributed by atoms with Gasteiger partial charge in [0.25, 0.3) is 10.0 Å². The smallest absolute Gasteiger partial charge is 0.308 e. The Kier molecular flexibility index (Phi) is 6.28. The van der Waals surface area contributed by atoms with Crippen molar-refractivity contribution in [1.29, 1.82) is 0 Å². The van der Waals surface area contributed by atoms with Crippen LogP contribution in [0.5, 0.6) is 5.75 Å². The number of hydrogen-bond donors (Lipinski definition) is 1. The van der Waals surface area contributed by atoms with Crippen molar-refractivity contribution >= 4 is 48.9 Å². The summed E-state index contributed by atoms with van der Waals surface area (Å²) in [6, 6.07) is 18.8. The van der Waals surface area contributed by atoms with E-state index in [4.69, 9.17) is 16.3 Å². The summed E-state index contributed by atoms with van der Waals surface area (Å²) >= 11 is 6.95. The molecule has 166 valence electrons. The maximum absolute atomic E-state index is 13.0. The lowest BCUT2D eigenvalue weighted by Crippen LogP contribution is -2.15. The number of rotatable bonds is 7. The Morgan fingerprint density at radius 3 is 2.50 bits per heavy atom. The lowest BCUT2D eigenvalue weighted by molar-refractivity contribution is 0.244. The predicted molar refractivity (Wildman–Crippen MR) is 130 cm³/mol. The molecule has 4 aromatic rings. The number of aromatic nitrogens is 1. The van der Waals surface area contributed by atoms with Crippen LogP contribution in [-0.4, -0.2) is 19.1 Å². The fraction of sp³-hybridized carbons (Fsp3) is 0.174. The minimum absolute atomic E-state index is 0.0734. The Morgan fingerprint density at radius 1 is 1.06 bits per heavy atom. The van der Waals surface area contributed by atoms with Crippen LogP contribution in [0.3, 0.4) is 0 Å². The third-order valence-electron chi connectivity index (χ3n) is 4.70. The summed E-state index contributed by atoms with van der Waals surface area (Å²) in [5.74, 6) is 0.450. The molecule has 0 aliphatic rings. The molecule has 0 atom stereocenters. The van der Waals surface area contributed by atoms with Gasteiger partial charge in [-0.2, -0.15) is 0 Å². The van der Waals surface area contributed by atoms with Gasteiger partial charge in [0, 0.05) is 5.02 Å². The van der Waals surface area contributed by atoms with E-state index in [1.54, 1.807) is 47.0 Å². The Hall–Kier alpha value is -2.81. The third-order valence-corrected chi connectivity index (χ3v) is 7.26. The zero-order valence-corrected chi connectivity index (χ0v) is 19.8. The van der Waals surface area contributed by atoms with Crippen molar-refractivity contribution in [2.75, 3.05) is 4.72 Å². The van der Waals surface area contributed by atoms with E-state index >= 15 is 0 Å². The Labute approximate surface area is 195 Å². The first-order valence-corrected chi connectivity index (χ1v) is 12.6. The van der Waals surface area contributed by atoms with E-state index in [-0.39, 0.29) is 15.9 Å². The lowest BCUT2D eigenvalue weighted by Gasteiger charge is -2.15. The highest BCUT2D eigenvalue weighted by atomic mass is 35.5. The van der Waals surface area contributed by atoms with E-state index in [1.165, 1.54) is 12.1 Å². The lowest BCUT2D eigenvalue weighted by atomic mass is 10.2. The number of benzene rings is 3. The highest BCUT2D eigenvalue weighted by Crippen LogP contribution is 2.29. The van der Waals surface area contributed by atoms with Crippen molar-refractivity contribution in [3.8, 4) is 5.75 Å². The molecule has 0 unspecified atom stereocenters. The number of nitrogens with zero attached hydrogens (tertiary/aromatic N) is 1. The second kappa shape index (κ2) is 8.97. The quantitative estimate of drug-likeness (QED) is 0.380. The second-order valence-electron chi connectivity index (χ2n) is 7.48.